The monoisotopic (exact) mass is 250 g/mol. The molecule has 100 valence electrons. The lowest BCUT2D eigenvalue weighted by Gasteiger charge is -2.27. The van der Waals surface area contributed by atoms with Gasteiger partial charge in [0, 0.05) is 25.5 Å². The van der Waals surface area contributed by atoms with Crippen LogP contribution in [0.5, 0.6) is 0 Å². The highest BCUT2D eigenvalue weighted by molar-refractivity contribution is 5.89. The molecule has 18 heavy (non-hydrogen) atoms. The van der Waals surface area contributed by atoms with E-state index in [-0.39, 0.29) is 5.78 Å². The summed E-state index contributed by atoms with van der Waals surface area (Å²) in [7, 11) is 0. The maximum Gasteiger partial charge on any atom is 0.172 e. The van der Waals surface area contributed by atoms with E-state index in [1.165, 1.54) is 0 Å². The molecule has 0 bridgehead atoms. The average Bonchev–Trinajstić information content (AvgIpc) is 2.99. The number of Topliss-reactive ketones (excluding diaryl/α,β-unsaturated/α-hetero) is 1. The van der Waals surface area contributed by atoms with E-state index in [1.54, 1.807) is 6.20 Å². The zero-order valence-corrected chi connectivity index (χ0v) is 11.3. The Labute approximate surface area is 108 Å². The summed E-state index contributed by atoms with van der Waals surface area (Å²) in [5.41, 5.74) is -0.529. The van der Waals surface area contributed by atoms with Gasteiger partial charge in [0.05, 0.1) is 6.42 Å². The second kappa shape index (κ2) is 5.65. The van der Waals surface area contributed by atoms with Gasteiger partial charge < -0.3 is 9.30 Å². The number of ketones is 1. The van der Waals surface area contributed by atoms with Gasteiger partial charge in [-0.2, -0.15) is 0 Å². The molecule has 2 rings (SSSR count). The lowest BCUT2D eigenvalue weighted by Crippen LogP contribution is -2.40. The van der Waals surface area contributed by atoms with Gasteiger partial charge in [0.1, 0.15) is 11.4 Å². The van der Waals surface area contributed by atoms with E-state index in [2.05, 4.69) is 11.9 Å². The molecule has 0 saturated heterocycles. The van der Waals surface area contributed by atoms with E-state index >= 15 is 0 Å². The Bertz CT molecular complexity index is 406. The minimum absolute atomic E-state index is 0.197. The summed E-state index contributed by atoms with van der Waals surface area (Å²) in [6.07, 6.45) is 7.99. The van der Waals surface area contributed by atoms with Gasteiger partial charge in [-0.3, -0.25) is 4.79 Å². The second-order valence-corrected chi connectivity index (χ2v) is 4.86. The van der Waals surface area contributed by atoms with Crippen molar-refractivity contribution in [2.75, 3.05) is 6.61 Å². The molecule has 0 aromatic carbocycles. The van der Waals surface area contributed by atoms with Crippen LogP contribution in [0, 0.1) is 0 Å². The summed E-state index contributed by atoms with van der Waals surface area (Å²) in [4.78, 5) is 16.8. The Morgan fingerprint density at radius 1 is 1.44 bits per heavy atom. The predicted molar refractivity (Wildman–Crippen MR) is 69.4 cm³/mol. The summed E-state index contributed by atoms with van der Waals surface area (Å²) in [6.45, 7) is 5.47. The predicted octanol–water partition coefficient (Wildman–Crippen LogP) is 2.36. The first-order valence-electron chi connectivity index (χ1n) is 6.89. The molecule has 0 amide bonds. The van der Waals surface area contributed by atoms with Crippen LogP contribution in [0.2, 0.25) is 0 Å². The van der Waals surface area contributed by atoms with Crippen molar-refractivity contribution in [2.24, 2.45) is 0 Å². The van der Waals surface area contributed by atoms with Crippen molar-refractivity contribution in [3.63, 3.8) is 0 Å². The lowest BCUT2D eigenvalue weighted by molar-refractivity contribution is -0.143. The maximum absolute atomic E-state index is 12.5. The van der Waals surface area contributed by atoms with Crippen molar-refractivity contribution in [3.05, 3.63) is 18.2 Å². The highest BCUT2D eigenvalue weighted by atomic mass is 16.5. The summed E-state index contributed by atoms with van der Waals surface area (Å²) < 4.78 is 7.81. The van der Waals surface area contributed by atoms with Gasteiger partial charge in [0.2, 0.25) is 0 Å². The van der Waals surface area contributed by atoms with Crippen LogP contribution in [0.1, 0.15) is 45.4 Å². The van der Waals surface area contributed by atoms with Crippen LogP contribution >= 0.6 is 0 Å². The number of ether oxygens (including phenoxy) is 1. The highest BCUT2D eigenvalue weighted by Gasteiger charge is 2.41. The van der Waals surface area contributed by atoms with Crippen molar-refractivity contribution >= 4 is 5.78 Å². The third kappa shape index (κ3) is 2.48. The lowest BCUT2D eigenvalue weighted by atomic mass is 9.93. The van der Waals surface area contributed by atoms with Gasteiger partial charge >= 0.3 is 0 Å². The summed E-state index contributed by atoms with van der Waals surface area (Å²) >= 11 is 0. The molecular formula is C14H22N2O2. The number of aryl methyl sites for hydroxylation is 1. The Balaban J connectivity index is 2.10. The first-order chi connectivity index (χ1) is 8.72. The molecule has 0 atom stereocenters. The Morgan fingerprint density at radius 2 is 2.17 bits per heavy atom. The third-order valence-corrected chi connectivity index (χ3v) is 3.80. The molecule has 1 saturated carbocycles. The SMILES string of the molecule is CCOC1(C(=O)Cc2nccn2CC)CCCC1. The van der Waals surface area contributed by atoms with Crippen molar-refractivity contribution in [1.29, 1.82) is 0 Å². The van der Waals surface area contributed by atoms with E-state index in [0.717, 1.165) is 38.1 Å². The van der Waals surface area contributed by atoms with Gasteiger partial charge in [-0.25, -0.2) is 4.98 Å². The largest absolute Gasteiger partial charge is 0.367 e. The molecule has 0 aliphatic heterocycles. The zero-order valence-electron chi connectivity index (χ0n) is 11.3. The van der Waals surface area contributed by atoms with Gasteiger partial charge in [-0.15, -0.1) is 0 Å². The number of hydrogen-bond acceptors (Lipinski definition) is 3. The quantitative estimate of drug-likeness (QED) is 0.778. The van der Waals surface area contributed by atoms with Gasteiger partial charge in [0.25, 0.3) is 0 Å². The molecule has 1 heterocycles. The van der Waals surface area contributed by atoms with Crippen LogP contribution in [0.25, 0.3) is 0 Å². The summed E-state index contributed by atoms with van der Waals surface area (Å²) in [6, 6.07) is 0. The molecule has 1 fully saturated rings. The fourth-order valence-electron chi connectivity index (χ4n) is 2.83. The fraction of sp³-hybridized carbons (Fsp3) is 0.714. The van der Waals surface area contributed by atoms with E-state index in [4.69, 9.17) is 4.74 Å². The Kier molecular flexibility index (Phi) is 4.17. The molecule has 1 aliphatic rings. The van der Waals surface area contributed by atoms with Crippen molar-refractivity contribution < 1.29 is 9.53 Å². The molecule has 0 radical (unpaired) electrons. The number of hydrogen-bond donors (Lipinski definition) is 0. The number of nitrogens with zero attached hydrogens (tertiary/aromatic N) is 2. The molecule has 0 spiro atoms. The summed E-state index contributed by atoms with van der Waals surface area (Å²) in [5.74, 6) is 1.05. The number of imidazole rings is 1. The number of carbonyl (C=O) groups is 1. The molecule has 4 nitrogen and oxygen atoms in total. The van der Waals surface area contributed by atoms with Gasteiger partial charge in [-0.1, -0.05) is 0 Å². The van der Waals surface area contributed by atoms with Crippen LogP contribution < -0.4 is 0 Å². The number of rotatable bonds is 6. The first-order valence-corrected chi connectivity index (χ1v) is 6.89. The topological polar surface area (TPSA) is 44.1 Å². The third-order valence-electron chi connectivity index (χ3n) is 3.80. The van der Waals surface area contributed by atoms with Gasteiger partial charge in [-0.05, 0) is 39.5 Å². The van der Waals surface area contributed by atoms with Crippen LogP contribution in [0.4, 0.5) is 0 Å². The minimum Gasteiger partial charge on any atom is -0.367 e. The van der Waals surface area contributed by atoms with E-state index in [9.17, 15) is 4.79 Å². The van der Waals surface area contributed by atoms with Gasteiger partial charge in [0.15, 0.2) is 5.78 Å². The van der Waals surface area contributed by atoms with E-state index < -0.39 is 5.60 Å². The molecule has 1 aromatic heterocycles. The van der Waals surface area contributed by atoms with Crippen molar-refractivity contribution in [1.82, 2.24) is 9.55 Å². The van der Waals surface area contributed by atoms with E-state index in [1.807, 2.05) is 17.7 Å². The van der Waals surface area contributed by atoms with Crippen LogP contribution in [-0.4, -0.2) is 27.5 Å². The maximum atomic E-state index is 12.5. The fourth-order valence-corrected chi connectivity index (χ4v) is 2.83. The molecule has 1 aliphatic carbocycles. The Morgan fingerprint density at radius 3 is 2.78 bits per heavy atom. The smallest absolute Gasteiger partial charge is 0.172 e. The van der Waals surface area contributed by atoms with E-state index in [0.29, 0.717) is 13.0 Å². The van der Waals surface area contributed by atoms with Crippen molar-refractivity contribution in [2.45, 2.75) is 58.1 Å². The number of aromatic nitrogens is 2. The van der Waals surface area contributed by atoms with Crippen LogP contribution in [0.3, 0.4) is 0 Å². The second-order valence-electron chi connectivity index (χ2n) is 4.86. The molecular weight excluding hydrogens is 228 g/mol. The average molecular weight is 250 g/mol. The molecule has 0 N–H and O–H groups in total. The van der Waals surface area contributed by atoms with Crippen LogP contribution in [-0.2, 0) is 22.5 Å². The molecule has 4 heteroatoms. The minimum atomic E-state index is -0.529. The normalized spacial score (nSPS) is 18.1. The molecule has 0 unspecified atom stereocenters. The molecule has 1 aromatic rings. The number of carbonyl (C=O) groups excluding carboxylic acids is 1. The first kappa shape index (κ1) is 13.3. The summed E-state index contributed by atoms with van der Waals surface area (Å²) in [5, 5.41) is 0. The standard InChI is InChI=1S/C14H22N2O2/c1-3-16-10-9-15-13(16)11-12(17)14(18-4-2)7-5-6-8-14/h9-10H,3-8,11H2,1-2H3. The van der Waals surface area contributed by atoms with Crippen molar-refractivity contribution in [3.8, 4) is 0 Å². The highest BCUT2D eigenvalue weighted by Crippen LogP contribution is 2.34. The zero-order chi connectivity index (χ0) is 13.0. The Hall–Kier alpha value is -1.16. The van der Waals surface area contributed by atoms with Crippen LogP contribution in [0.15, 0.2) is 12.4 Å².